The molecule has 20 heavy (non-hydrogen) atoms. The number of hydrogen-bond acceptors (Lipinski definition) is 4. The molecule has 0 spiro atoms. The lowest BCUT2D eigenvalue weighted by Gasteiger charge is -2.24. The summed E-state index contributed by atoms with van der Waals surface area (Å²) in [6, 6.07) is 8.45. The molecule has 0 aliphatic carbocycles. The molecule has 108 valence electrons. The molecule has 2 aliphatic heterocycles. The topological polar surface area (TPSA) is 42.8 Å². The van der Waals surface area contributed by atoms with Crippen molar-refractivity contribution in [2.24, 2.45) is 4.99 Å². The maximum Gasteiger partial charge on any atom is 0.201 e. The van der Waals surface area contributed by atoms with Gasteiger partial charge in [-0.15, -0.1) is 0 Å². The average Bonchev–Trinajstić information content (AvgIpc) is 2.97. The van der Waals surface area contributed by atoms with Crippen molar-refractivity contribution in [3.63, 3.8) is 0 Å². The maximum atomic E-state index is 6.04. The van der Waals surface area contributed by atoms with Crippen LogP contribution in [-0.4, -0.2) is 38.2 Å². The number of hydrogen-bond donors (Lipinski definition) is 1. The van der Waals surface area contributed by atoms with Gasteiger partial charge in [-0.3, -0.25) is 4.99 Å². The van der Waals surface area contributed by atoms with Crippen molar-refractivity contribution in [3.8, 4) is 5.75 Å². The van der Waals surface area contributed by atoms with Gasteiger partial charge < -0.3 is 14.8 Å². The standard InChI is InChI=1S/C16H22N2O2/c1-19-15-8-3-2-6-12(15)10-13-11-18-16(20-13)14-7-4-5-9-17-14/h2-3,6,8,13-14,17H,4-5,7,9-11H2,1H3. The van der Waals surface area contributed by atoms with Gasteiger partial charge in [0.05, 0.1) is 19.7 Å². The van der Waals surface area contributed by atoms with E-state index < -0.39 is 0 Å². The van der Waals surface area contributed by atoms with Crippen LogP contribution in [0.15, 0.2) is 29.3 Å². The van der Waals surface area contributed by atoms with Crippen LogP contribution >= 0.6 is 0 Å². The Morgan fingerprint density at radius 3 is 3.05 bits per heavy atom. The predicted octanol–water partition coefficient (Wildman–Crippen LogP) is 2.18. The zero-order chi connectivity index (χ0) is 13.8. The summed E-state index contributed by atoms with van der Waals surface area (Å²) < 4.78 is 11.4. The van der Waals surface area contributed by atoms with E-state index in [-0.39, 0.29) is 6.10 Å². The Morgan fingerprint density at radius 1 is 1.35 bits per heavy atom. The summed E-state index contributed by atoms with van der Waals surface area (Å²) in [5.41, 5.74) is 1.19. The van der Waals surface area contributed by atoms with Crippen LogP contribution in [-0.2, 0) is 11.2 Å². The molecule has 1 fully saturated rings. The van der Waals surface area contributed by atoms with Gasteiger partial charge in [-0.05, 0) is 31.0 Å². The quantitative estimate of drug-likeness (QED) is 0.915. The highest BCUT2D eigenvalue weighted by Crippen LogP contribution is 2.23. The molecule has 3 rings (SSSR count). The third kappa shape index (κ3) is 2.96. The molecule has 4 nitrogen and oxygen atoms in total. The van der Waals surface area contributed by atoms with Gasteiger partial charge in [0.25, 0.3) is 0 Å². The minimum atomic E-state index is 0.144. The van der Waals surface area contributed by atoms with Crippen LogP contribution in [0.2, 0.25) is 0 Å². The Bertz CT molecular complexity index is 481. The van der Waals surface area contributed by atoms with E-state index in [0.29, 0.717) is 6.04 Å². The van der Waals surface area contributed by atoms with Gasteiger partial charge in [0.15, 0.2) is 0 Å². The molecule has 0 amide bonds. The number of aliphatic imine (C=N–C) groups is 1. The number of piperidine rings is 1. The first-order valence-electron chi connectivity index (χ1n) is 7.43. The minimum Gasteiger partial charge on any atom is -0.496 e. The third-order valence-electron chi connectivity index (χ3n) is 3.99. The molecule has 0 saturated carbocycles. The van der Waals surface area contributed by atoms with Crippen LogP contribution in [0, 0.1) is 0 Å². The Balaban J connectivity index is 1.58. The third-order valence-corrected chi connectivity index (χ3v) is 3.99. The van der Waals surface area contributed by atoms with Crippen LogP contribution in [0.5, 0.6) is 5.75 Å². The summed E-state index contributed by atoms with van der Waals surface area (Å²) in [6.07, 6.45) is 4.65. The van der Waals surface area contributed by atoms with Gasteiger partial charge in [-0.2, -0.15) is 0 Å². The van der Waals surface area contributed by atoms with E-state index in [1.165, 1.54) is 18.4 Å². The molecule has 0 aromatic heterocycles. The smallest absolute Gasteiger partial charge is 0.201 e. The predicted molar refractivity (Wildman–Crippen MR) is 79.5 cm³/mol. The van der Waals surface area contributed by atoms with E-state index in [2.05, 4.69) is 16.4 Å². The maximum absolute atomic E-state index is 6.04. The number of methoxy groups -OCH3 is 1. The first kappa shape index (κ1) is 13.4. The number of nitrogens with one attached hydrogen (secondary N) is 1. The fourth-order valence-corrected chi connectivity index (χ4v) is 2.92. The highest BCUT2D eigenvalue weighted by Gasteiger charge is 2.28. The second kappa shape index (κ2) is 6.27. The van der Waals surface area contributed by atoms with Crippen molar-refractivity contribution in [3.05, 3.63) is 29.8 Å². The molecule has 1 N–H and O–H groups in total. The highest BCUT2D eigenvalue weighted by molar-refractivity contribution is 5.83. The fraction of sp³-hybridized carbons (Fsp3) is 0.562. The second-order valence-corrected chi connectivity index (χ2v) is 5.44. The SMILES string of the molecule is COc1ccccc1CC1CN=C(C2CCCCN2)O1. The highest BCUT2D eigenvalue weighted by atomic mass is 16.5. The molecule has 2 aliphatic rings. The van der Waals surface area contributed by atoms with E-state index in [1.54, 1.807) is 7.11 Å². The van der Waals surface area contributed by atoms with Crippen molar-refractivity contribution in [2.45, 2.75) is 37.8 Å². The molecule has 1 aromatic carbocycles. The van der Waals surface area contributed by atoms with E-state index in [9.17, 15) is 0 Å². The van der Waals surface area contributed by atoms with Crippen molar-refractivity contribution in [1.82, 2.24) is 5.32 Å². The van der Waals surface area contributed by atoms with Crippen molar-refractivity contribution < 1.29 is 9.47 Å². The van der Waals surface area contributed by atoms with E-state index in [0.717, 1.165) is 37.6 Å². The van der Waals surface area contributed by atoms with Crippen molar-refractivity contribution in [2.75, 3.05) is 20.2 Å². The summed E-state index contributed by atoms with van der Waals surface area (Å²) >= 11 is 0. The largest absolute Gasteiger partial charge is 0.496 e. The van der Waals surface area contributed by atoms with Gasteiger partial charge in [0.2, 0.25) is 5.90 Å². The van der Waals surface area contributed by atoms with E-state index >= 15 is 0 Å². The van der Waals surface area contributed by atoms with Crippen LogP contribution in [0.25, 0.3) is 0 Å². The summed E-state index contributed by atoms with van der Waals surface area (Å²) in [6.45, 7) is 1.83. The summed E-state index contributed by atoms with van der Waals surface area (Å²) in [5.74, 6) is 1.84. The minimum absolute atomic E-state index is 0.144. The molecular weight excluding hydrogens is 252 g/mol. The Kier molecular flexibility index (Phi) is 4.21. The fourth-order valence-electron chi connectivity index (χ4n) is 2.92. The average molecular weight is 274 g/mol. The number of para-hydroxylation sites is 1. The number of ether oxygens (including phenoxy) is 2. The van der Waals surface area contributed by atoms with Crippen LogP contribution in [0.1, 0.15) is 24.8 Å². The summed E-state index contributed by atoms with van der Waals surface area (Å²) in [7, 11) is 1.71. The van der Waals surface area contributed by atoms with Crippen molar-refractivity contribution >= 4 is 5.90 Å². The summed E-state index contributed by atoms with van der Waals surface area (Å²) in [4.78, 5) is 4.58. The molecule has 0 bridgehead atoms. The van der Waals surface area contributed by atoms with Gasteiger partial charge >= 0.3 is 0 Å². The van der Waals surface area contributed by atoms with Gasteiger partial charge in [-0.25, -0.2) is 0 Å². The number of rotatable bonds is 4. The second-order valence-electron chi connectivity index (χ2n) is 5.44. The molecule has 2 atom stereocenters. The van der Waals surface area contributed by atoms with E-state index in [4.69, 9.17) is 9.47 Å². The molecule has 1 saturated heterocycles. The lowest BCUT2D eigenvalue weighted by atomic mass is 10.1. The normalized spacial score (nSPS) is 25.9. The Hall–Kier alpha value is -1.55. The van der Waals surface area contributed by atoms with Crippen LogP contribution < -0.4 is 10.1 Å². The molecule has 1 aromatic rings. The molecule has 0 radical (unpaired) electrons. The van der Waals surface area contributed by atoms with Crippen LogP contribution in [0.3, 0.4) is 0 Å². The Morgan fingerprint density at radius 2 is 2.25 bits per heavy atom. The van der Waals surface area contributed by atoms with Gasteiger partial charge in [-0.1, -0.05) is 24.6 Å². The van der Waals surface area contributed by atoms with Gasteiger partial charge in [0.1, 0.15) is 11.9 Å². The van der Waals surface area contributed by atoms with Crippen molar-refractivity contribution in [1.29, 1.82) is 0 Å². The summed E-state index contributed by atoms with van der Waals surface area (Å²) in [5, 5.41) is 3.49. The monoisotopic (exact) mass is 274 g/mol. The van der Waals surface area contributed by atoms with E-state index in [1.807, 2.05) is 18.2 Å². The zero-order valence-corrected chi connectivity index (χ0v) is 12.0. The number of nitrogens with zero attached hydrogens (tertiary/aromatic N) is 1. The van der Waals surface area contributed by atoms with Gasteiger partial charge in [0, 0.05) is 6.42 Å². The molecular formula is C16H22N2O2. The first-order chi connectivity index (χ1) is 9.86. The zero-order valence-electron chi connectivity index (χ0n) is 12.0. The Labute approximate surface area is 120 Å². The molecule has 2 unspecified atom stereocenters. The molecule has 2 heterocycles. The molecule has 4 heteroatoms. The van der Waals surface area contributed by atoms with Crippen LogP contribution in [0.4, 0.5) is 0 Å². The number of benzene rings is 1. The first-order valence-corrected chi connectivity index (χ1v) is 7.43. The lowest BCUT2D eigenvalue weighted by molar-refractivity contribution is 0.208. The lowest BCUT2D eigenvalue weighted by Crippen LogP contribution is -2.41.